The Morgan fingerprint density at radius 1 is 1.16 bits per heavy atom. The lowest BCUT2D eigenvalue weighted by Gasteiger charge is -2.07. The standard InChI is InChI=1S/C22H21N5OS3/c1-14-3-5-16(6-4-14)20-25-26-22(29)27(20)12-11-19(28)24-21-23-18(13-31-21)15-7-9-17(30-2)10-8-15/h3-10,13H,11-12H2,1-2H3,(H,26,29)(H,23,24,28). The van der Waals surface area contributed by atoms with E-state index < -0.39 is 0 Å². The van der Waals surface area contributed by atoms with Crippen LogP contribution in [0.5, 0.6) is 0 Å². The van der Waals surface area contributed by atoms with Gasteiger partial charge in [0.1, 0.15) is 0 Å². The number of rotatable bonds is 7. The molecule has 2 N–H and O–H groups in total. The highest BCUT2D eigenvalue weighted by atomic mass is 32.2. The number of amides is 1. The number of nitrogens with one attached hydrogen (secondary N) is 2. The molecule has 2 heterocycles. The van der Waals surface area contributed by atoms with E-state index in [2.05, 4.69) is 32.6 Å². The third-order valence-corrected chi connectivity index (χ3v) is 6.58. The van der Waals surface area contributed by atoms with Crippen molar-refractivity contribution in [2.75, 3.05) is 11.6 Å². The number of H-pyrrole nitrogens is 1. The molecule has 9 heteroatoms. The predicted molar refractivity (Wildman–Crippen MR) is 130 cm³/mol. The number of aromatic amines is 1. The number of hydrogen-bond acceptors (Lipinski definition) is 6. The zero-order chi connectivity index (χ0) is 21.8. The van der Waals surface area contributed by atoms with E-state index in [0.717, 1.165) is 22.6 Å². The van der Waals surface area contributed by atoms with Crippen molar-refractivity contribution in [3.05, 3.63) is 64.2 Å². The third-order valence-electron chi connectivity index (χ3n) is 4.77. The van der Waals surface area contributed by atoms with Gasteiger partial charge in [-0.3, -0.25) is 14.5 Å². The number of nitrogens with zero attached hydrogens (tertiary/aromatic N) is 3. The molecule has 0 unspecified atom stereocenters. The van der Waals surface area contributed by atoms with Crippen molar-refractivity contribution >= 4 is 46.4 Å². The molecule has 0 radical (unpaired) electrons. The van der Waals surface area contributed by atoms with Gasteiger partial charge in [0.25, 0.3) is 0 Å². The van der Waals surface area contributed by atoms with Gasteiger partial charge in [-0.1, -0.05) is 42.0 Å². The Bertz CT molecular complexity index is 1240. The number of thioether (sulfide) groups is 1. The minimum atomic E-state index is -0.114. The maximum absolute atomic E-state index is 12.5. The van der Waals surface area contributed by atoms with E-state index in [4.69, 9.17) is 12.2 Å². The summed E-state index contributed by atoms with van der Waals surface area (Å²) in [6, 6.07) is 16.3. The van der Waals surface area contributed by atoms with Gasteiger partial charge in [-0.2, -0.15) is 5.10 Å². The summed E-state index contributed by atoms with van der Waals surface area (Å²) in [5, 5.41) is 12.6. The van der Waals surface area contributed by atoms with Crippen LogP contribution in [0.15, 0.2) is 58.8 Å². The normalized spacial score (nSPS) is 10.9. The van der Waals surface area contributed by atoms with Gasteiger partial charge in [-0.25, -0.2) is 4.98 Å². The first-order valence-electron chi connectivity index (χ1n) is 9.65. The zero-order valence-corrected chi connectivity index (χ0v) is 19.5. The highest BCUT2D eigenvalue weighted by Crippen LogP contribution is 2.27. The van der Waals surface area contributed by atoms with Crippen LogP contribution in [0.2, 0.25) is 0 Å². The SMILES string of the molecule is CSc1ccc(-c2csc(NC(=O)CCn3c(-c4ccc(C)cc4)n[nH]c3=S)n2)cc1. The largest absolute Gasteiger partial charge is 0.302 e. The number of carbonyl (C=O) groups excluding carboxylic acids is 1. The van der Waals surface area contributed by atoms with E-state index in [1.807, 2.05) is 59.5 Å². The average molecular weight is 468 g/mol. The van der Waals surface area contributed by atoms with E-state index in [9.17, 15) is 4.79 Å². The summed E-state index contributed by atoms with van der Waals surface area (Å²) >= 11 is 8.47. The maximum Gasteiger partial charge on any atom is 0.227 e. The minimum absolute atomic E-state index is 0.114. The van der Waals surface area contributed by atoms with Gasteiger partial charge in [0.2, 0.25) is 5.91 Å². The molecule has 4 aromatic rings. The number of aryl methyl sites for hydroxylation is 1. The Kier molecular flexibility index (Phi) is 6.64. The van der Waals surface area contributed by atoms with Gasteiger partial charge >= 0.3 is 0 Å². The summed E-state index contributed by atoms with van der Waals surface area (Å²) in [4.78, 5) is 18.3. The molecule has 31 heavy (non-hydrogen) atoms. The van der Waals surface area contributed by atoms with E-state index in [1.54, 1.807) is 11.8 Å². The fraction of sp³-hybridized carbons (Fsp3) is 0.182. The molecule has 0 fully saturated rings. The monoisotopic (exact) mass is 467 g/mol. The predicted octanol–water partition coefficient (Wildman–Crippen LogP) is 5.79. The van der Waals surface area contributed by atoms with Gasteiger partial charge in [0.15, 0.2) is 15.7 Å². The second kappa shape index (κ2) is 9.59. The fourth-order valence-corrected chi connectivity index (χ4v) is 4.44. The van der Waals surface area contributed by atoms with Crippen molar-refractivity contribution in [1.29, 1.82) is 0 Å². The lowest BCUT2D eigenvalue weighted by Crippen LogP contribution is -2.15. The van der Waals surface area contributed by atoms with Crippen LogP contribution in [0, 0.1) is 11.7 Å². The number of benzene rings is 2. The van der Waals surface area contributed by atoms with E-state index >= 15 is 0 Å². The van der Waals surface area contributed by atoms with E-state index in [1.165, 1.54) is 21.8 Å². The highest BCUT2D eigenvalue weighted by molar-refractivity contribution is 7.98. The van der Waals surface area contributed by atoms with Gasteiger partial charge < -0.3 is 5.32 Å². The topological polar surface area (TPSA) is 75.6 Å². The molecular weight excluding hydrogens is 446 g/mol. The van der Waals surface area contributed by atoms with E-state index in [-0.39, 0.29) is 12.3 Å². The van der Waals surface area contributed by atoms with Gasteiger partial charge in [0, 0.05) is 34.4 Å². The summed E-state index contributed by atoms with van der Waals surface area (Å²) in [6.45, 7) is 2.47. The summed E-state index contributed by atoms with van der Waals surface area (Å²) in [6.07, 6.45) is 2.32. The summed E-state index contributed by atoms with van der Waals surface area (Å²) in [5.74, 6) is 0.611. The van der Waals surface area contributed by atoms with Gasteiger partial charge in [-0.15, -0.1) is 23.1 Å². The zero-order valence-electron chi connectivity index (χ0n) is 17.1. The average Bonchev–Trinajstić information content (AvgIpc) is 3.39. The summed E-state index contributed by atoms with van der Waals surface area (Å²) < 4.78 is 2.34. The molecule has 0 aliphatic heterocycles. The number of carbonyl (C=O) groups is 1. The van der Waals surface area contributed by atoms with Gasteiger partial charge in [0.05, 0.1) is 5.69 Å². The third kappa shape index (κ3) is 5.12. The molecular formula is C22H21N5OS3. The van der Waals surface area contributed by atoms with Crippen LogP contribution < -0.4 is 5.32 Å². The molecule has 1 amide bonds. The smallest absolute Gasteiger partial charge is 0.227 e. The first-order valence-corrected chi connectivity index (χ1v) is 12.2. The first-order chi connectivity index (χ1) is 15.0. The van der Waals surface area contributed by atoms with Crippen molar-refractivity contribution in [1.82, 2.24) is 19.7 Å². The van der Waals surface area contributed by atoms with Crippen LogP contribution in [-0.4, -0.2) is 31.9 Å². The van der Waals surface area contributed by atoms with Crippen molar-refractivity contribution in [3.63, 3.8) is 0 Å². The fourth-order valence-electron chi connectivity index (χ4n) is 3.07. The summed E-state index contributed by atoms with van der Waals surface area (Å²) in [7, 11) is 0. The number of thiazole rings is 1. The highest BCUT2D eigenvalue weighted by Gasteiger charge is 2.12. The van der Waals surface area contributed by atoms with Crippen LogP contribution in [0.25, 0.3) is 22.6 Å². The molecule has 4 rings (SSSR count). The van der Waals surface area contributed by atoms with Crippen LogP contribution in [0.1, 0.15) is 12.0 Å². The molecule has 0 aliphatic rings. The lowest BCUT2D eigenvalue weighted by molar-refractivity contribution is -0.116. The van der Waals surface area contributed by atoms with Crippen LogP contribution in [-0.2, 0) is 11.3 Å². The summed E-state index contributed by atoms with van der Waals surface area (Å²) in [5.41, 5.74) is 4.01. The molecule has 2 aromatic carbocycles. The molecule has 6 nitrogen and oxygen atoms in total. The Morgan fingerprint density at radius 3 is 2.58 bits per heavy atom. The van der Waals surface area contributed by atoms with Crippen LogP contribution in [0.4, 0.5) is 5.13 Å². The second-order valence-electron chi connectivity index (χ2n) is 6.93. The van der Waals surface area contributed by atoms with Gasteiger partial charge in [-0.05, 0) is 37.5 Å². The molecule has 0 aliphatic carbocycles. The molecule has 2 aromatic heterocycles. The second-order valence-corrected chi connectivity index (χ2v) is 9.06. The van der Waals surface area contributed by atoms with Crippen molar-refractivity contribution in [3.8, 4) is 22.6 Å². The van der Waals surface area contributed by atoms with Crippen molar-refractivity contribution in [2.24, 2.45) is 0 Å². The Morgan fingerprint density at radius 2 is 1.87 bits per heavy atom. The first kappa shape index (κ1) is 21.5. The quantitative estimate of drug-likeness (QED) is 0.266. The van der Waals surface area contributed by atoms with E-state index in [0.29, 0.717) is 16.4 Å². The maximum atomic E-state index is 12.5. The molecule has 0 atom stereocenters. The van der Waals surface area contributed by atoms with Crippen molar-refractivity contribution < 1.29 is 4.79 Å². The molecule has 0 saturated heterocycles. The Labute approximate surface area is 193 Å². The molecule has 158 valence electrons. The Balaban J connectivity index is 1.40. The molecule has 0 bridgehead atoms. The molecule has 0 saturated carbocycles. The number of hydrogen-bond donors (Lipinski definition) is 2. The number of aromatic nitrogens is 4. The van der Waals surface area contributed by atoms with Crippen molar-refractivity contribution in [2.45, 2.75) is 24.8 Å². The number of anilines is 1. The van der Waals surface area contributed by atoms with Crippen LogP contribution in [0.3, 0.4) is 0 Å². The lowest BCUT2D eigenvalue weighted by atomic mass is 10.1. The van der Waals surface area contributed by atoms with Crippen LogP contribution >= 0.6 is 35.3 Å². The minimum Gasteiger partial charge on any atom is -0.302 e. The molecule has 0 spiro atoms. The Hall–Kier alpha value is -2.75.